The summed E-state index contributed by atoms with van der Waals surface area (Å²) in [5.41, 5.74) is 0.972. The van der Waals surface area contributed by atoms with Crippen molar-refractivity contribution in [2.45, 2.75) is 32.2 Å². The molecule has 0 bridgehead atoms. The second kappa shape index (κ2) is 5.59. The summed E-state index contributed by atoms with van der Waals surface area (Å²) in [4.78, 5) is 8.60. The van der Waals surface area contributed by atoms with Crippen LogP contribution in [0.4, 0.5) is 13.2 Å². The Bertz CT molecular complexity index is 861. The Balaban J connectivity index is 1.94. The van der Waals surface area contributed by atoms with Gasteiger partial charge in [-0.2, -0.15) is 13.2 Å². The van der Waals surface area contributed by atoms with E-state index in [1.165, 1.54) is 12.1 Å². The first-order valence-corrected chi connectivity index (χ1v) is 7.34. The number of nitrogens with zero attached hydrogens (tertiary/aromatic N) is 3. The minimum Gasteiger partial charge on any atom is -0.389 e. The molecule has 2 heterocycles. The van der Waals surface area contributed by atoms with Crippen molar-refractivity contribution < 1.29 is 18.3 Å². The monoisotopic (exact) mass is 335 g/mol. The molecule has 0 amide bonds. The van der Waals surface area contributed by atoms with E-state index in [4.69, 9.17) is 0 Å². The number of halogens is 3. The molecule has 0 saturated heterocycles. The lowest BCUT2D eigenvalue weighted by molar-refractivity contribution is -0.137. The van der Waals surface area contributed by atoms with Crippen molar-refractivity contribution in [1.29, 1.82) is 0 Å². The third-order valence-electron chi connectivity index (χ3n) is 3.56. The summed E-state index contributed by atoms with van der Waals surface area (Å²) < 4.78 is 39.6. The van der Waals surface area contributed by atoms with E-state index < -0.39 is 17.3 Å². The van der Waals surface area contributed by atoms with Gasteiger partial charge >= 0.3 is 6.18 Å². The molecule has 0 aliphatic heterocycles. The fourth-order valence-electron chi connectivity index (χ4n) is 2.49. The minimum atomic E-state index is -4.35. The Kier molecular flexibility index (Phi) is 3.83. The molecule has 3 aromatic rings. The average Bonchev–Trinajstić information content (AvgIpc) is 2.87. The molecular formula is C17H16F3N3O. The highest BCUT2D eigenvalue weighted by Crippen LogP contribution is 2.31. The third-order valence-corrected chi connectivity index (χ3v) is 3.56. The molecule has 0 fully saturated rings. The number of pyridine rings is 1. The van der Waals surface area contributed by atoms with Crippen LogP contribution in [-0.2, 0) is 12.7 Å². The van der Waals surface area contributed by atoms with Gasteiger partial charge in [-0.05, 0) is 37.6 Å². The molecule has 3 rings (SSSR count). The highest BCUT2D eigenvalue weighted by Gasteiger charge is 2.30. The topological polar surface area (TPSA) is 50.9 Å². The van der Waals surface area contributed by atoms with Crippen molar-refractivity contribution in [3.8, 4) is 11.1 Å². The number of aliphatic hydroxyl groups is 1. The molecule has 1 aromatic carbocycles. The van der Waals surface area contributed by atoms with Crippen LogP contribution in [-0.4, -0.2) is 25.2 Å². The van der Waals surface area contributed by atoms with E-state index >= 15 is 0 Å². The first-order chi connectivity index (χ1) is 11.1. The lowest BCUT2D eigenvalue weighted by Crippen LogP contribution is -2.25. The summed E-state index contributed by atoms with van der Waals surface area (Å²) in [6.45, 7) is 3.72. The van der Waals surface area contributed by atoms with E-state index in [0.29, 0.717) is 28.8 Å². The van der Waals surface area contributed by atoms with Crippen LogP contribution in [0.1, 0.15) is 19.4 Å². The average molecular weight is 335 g/mol. The first-order valence-electron chi connectivity index (χ1n) is 7.34. The van der Waals surface area contributed by atoms with E-state index in [1.54, 1.807) is 37.0 Å². The van der Waals surface area contributed by atoms with Crippen LogP contribution in [0.25, 0.3) is 22.3 Å². The highest BCUT2D eigenvalue weighted by molar-refractivity contribution is 5.78. The van der Waals surface area contributed by atoms with Gasteiger partial charge in [-0.25, -0.2) is 9.97 Å². The molecule has 0 aliphatic rings. The van der Waals surface area contributed by atoms with Crippen molar-refractivity contribution >= 4 is 11.2 Å². The molecule has 1 N–H and O–H groups in total. The van der Waals surface area contributed by atoms with Gasteiger partial charge in [-0.3, -0.25) is 0 Å². The van der Waals surface area contributed by atoms with Crippen LogP contribution in [0.2, 0.25) is 0 Å². The number of alkyl halides is 3. The zero-order valence-corrected chi connectivity index (χ0v) is 13.2. The van der Waals surface area contributed by atoms with Gasteiger partial charge in [0.25, 0.3) is 0 Å². The van der Waals surface area contributed by atoms with E-state index in [0.717, 1.165) is 12.1 Å². The van der Waals surface area contributed by atoms with Crippen LogP contribution in [0.15, 0.2) is 42.9 Å². The lowest BCUT2D eigenvalue weighted by atomic mass is 10.1. The molecule has 126 valence electrons. The van der Waals surface area contributed by atoms with Gasteiger partial charge in [0.15, 0.2) is 5.65 Å². The Labute approximate surface area is 136 Å². The van der Waals surface area contributed by atoms with Gasteiger partial charge in [0, 0.05) is 11.8 Å². The smallest absolute Gasteiger partial charge is 0.389 e. The Hall–Kier alpha value is -2.41. The summed E-state index contributed by atoms with van der Waals surface area (Å²) in [6, 6.07) is 6.70. The van der Waals surface area contributed by atoms with E-state index in [2.05, 4.69) is 9.97 Å². The Morgan fingerprint density at radius 2 is 1.71 bits per heavy atom. The van der Waals surface area contributed by atoms with Crippen molar-refractivity contribution in [3.05, 3.63) is 48.4 Å². The maximum Gasteiger partial charge on any atom is 0.416 e. The van der Waals surface area contributed by atoms with E-state index in [1.807, 2.05) is 0 Å². The van der Waals surface area contributed by atoms with Gasteiger partial charge in [0.1, 0.15) is 5.52 Å². The van der Waals surface area contributed by atoms with Gasteiger partial charge < -0.3 is 9.67 Å². The second-order valence-electron chi connectivity index (χ2n) is 6.33. The number of hydrogen-bond acceptors (Lipinski definition) is 3. The highest BCUT2D eigenvalue weighted by atomic mass is 19.4. The molecule has 24 heavy (non-hydrogen) atoms. The Morgan fingerprint density at radius 3 is 2.29 bits per heavy atom. The minimum absolute atomic E-state index is 0.343. The summed E-state index contributed by atoms with van der Waals surface area (Å²) >= 11 is 0. The molecule has 0 saturated carbocycles. The number of aromatic nitrogens is 3. The molecule has 7 heteroatoms. The molecule has 0 unspecified atom stereocenters. The molecule has 0 spiro atoms. The van der Waals surface area contributed by atoms with Crippen molar-refractivity contribution in [1.82, 2.24) is 14.5 Å². The quantitative estimate of drug-likeness (QED) is 0.790. The summed E-state index contributed by atoms with van der Waals surface area (Å²) in [5.74, 6) is 0. The van der Waals surface area contributed by atoms with Crippen molar-refractivity contribution in [3.63, 3.8) is 0 Å². The largest absolute Gasteiger partial charge is 0.416 e. The fourth-order valence-corrected chi connectivity index (χ4v) is 2.49. The SMILES string of the molecule is CC(C)(O)Cn1cnc2cc(-c3ccc(C(F)(F)F)cc3)cnc21. The van der Waals surface area contributed by atoms with Crippen molar-refractivity contribution in [2.75, 3.05) is 0 Å². The van der Waals surface area contributed by atoms with Crippen LogP contribution in [0, 0.1) is 0 Å². The predicted molar refractivity (Wildman–Crippen MR) is 84.3 cm³/mol. The summed E-state index contributed by atoms with van der Waals surface area (Å²) in [7, 11) is 0. The van der Waals surface area contributed by atoms with Crippen LogP contribution >= 0.6 is 0 Å². The molecule has 2 aromatic heterocycles. The molecule has 0 radical (unpaired) electrons. The number of rotatable bonds is 3. The zero-order valence-electron chi connectivity index (χ0n) is 13.2. The second-order valence-corrected chi connectivity index (χ2v) is 6.33. The number of fused-ring (bicyclic) bond motifs is 1. The molecule has 0 atom stereocenters. The normalized spacial score (nSPS) is 12.8. The van der Waals surface area contributed by atoms with Crippen LogP contribution in [0.5, 0.6) is 0 Å². The third kappa shape index (κ3) is 3.41. The maximum atomic E-state index is 12.6. The molecule has 0 aliphatic carbocycles. The number of benzene rings is 1. The summed E-state index contributed by atoms with van der Waals surface area (Å²) in [6.07, 6.45) is -1.17. The van der Waals surface area contributed by atoms with Gasteiger partial charge in [0.2, 0.25) is 0 Å². The van der Waals surface area contributed by atoms with E-state index in [-0.39, 0.29) is 0 Å². The zero-order chi connectivity index (χ0) is 17.5. The summed E-state index contributed by atoms with van der Waals surface area (Å²) in [5, 5.41) is 9.90. The predicted octanol–water partition coefficient (Wildman–Crippen LogP) is 3.89. The standard InChI is InChI=1S/C17H16F3N3O/c1-16(2,24)9-23-10-22-14-7-12(8-21-15(14)23)11-3-5-13(6-4-11)17(18,19)20/h3-8,10,24H,9H2,1-2H3. The molecular weight excluding hydrogens is 319 g/mol. The Morgan fingerprint density at radius 1 is 1.04 bits per heavy atom. The van der Waals surface area contributed by atoms with Gasteiger partial charge in [0.05, 0.1) is 24.0 Å². The van der Waals surface area contributed by atoms with Crippen molar-refractivity contribution in [2.24, 2.45) is 0 Å². The van der Waals surface area contributed by atoms with Crippen LogP contribution in [0.3, 0.4) is 0 Å². The first kappa shape index (κ1) is 16.4. The lowest BCUT2D eigenvalue weighted by Gasteiger charge is -2.17. The maximum absolute atomic E-state index is 12.6. The van der Waals surface area contributed by atoms with Gasteiger partial charge in [-0.15, -0.1) is 0 Å². The fraction of sp³-hybridized carbons (Fsp3) is 0.294. The number of hydrogen-bond donors (Lipinski definition) is 1. The van der Waals surface area contributed by atoms with Gasteiger partial charge in [-0.1, -0.05) is 12.1 Å². The molecule has 4 nitrogen and oxygen atoms in total. The van der Waals surface area contributed by atoms with E-state index in [9.17, 15) is 18.3 Å². The number of imidazole rings is 1. The van der Waals surface area contributed by atoms with Crippen LogP contribution < -0.4 is 0 Å².